The fourth-order valence-corrected chi connectivity index (χ4v) is 2.32. The Labute approximate surface area is 99.2 Å². The molecule has 0 amide bonds. The molecule has 1 saturated carbocycles. The highest BCUT2D eigenvalue weighted by Crippen LogP contribution is 2.20. The molecule has 0 bridgehead atoms. The number of nitrogens with one attached hydrogen (secondary N) is 1. The lowest BCUT2D eigenvalue weighted by atomic mass is 10.4. The number of hydrogen-bond acceptors (Lipinski definition) is 3. The predicted molar refractivity (Wildman–Crippen MR) is 58.1 cm³/mol. The molecule has 0 radical (unpaired) electrons. The monoisotopic (exact) mass is 274 g/mol. The van der Waals surface area contributed by atoms with E-state index in [1.54, 1.807) is 0 Å². The highest BCUT2D eigenvalue weighted by Gasteiger charge is 2.30. The van der Waals surface area contributed by atoms with Gasteiger partial charge in [-0.05, 0) is 12.8 Å². The molecule has 0 aromatic heterocycles. The Kier molecular flexibility index (Phi) is 4.79. The summed E-state index contributed by atoms with van der Waals surface area (Å²) in [5, 5.41) is 3.01. The Balaban J connectivity index is 2.28. The molecule has 0 unspecified atom stereocenters. The van der Waals surface area contributed by atoms with Crippen LogP contribution in [-0.4, -0.2) is 50.8 Å². The van der Waals surface area contributed by atoms with Gasteiger partial charge >= 0.3 is 6.18 Å². The maximum absolute atomic E-state index is 11.9. The lowest BCUT2D eigenvalue weighted by Gasteiger charge is -2.18. The normalized spacial score (nSPS) is 17.7. The molecule has 1 N–H and O–H groups in total. The van der Waals surface area contributed by atoms with Gasteiger partial charge in [-0.25, -0.2) is 12.7 Å². The highest BCUT2D eigenvalue weighted by molar-refractivity contribution is 7.89. The summed E-state index contributed by atoms with van der Waals surface area (Å²) in [6.07, 6.45) is -3.34. The minimum atomic E-state index is -4.32. The van der Waals surface area contributed by atoms with Gasteiger partial charge < -0.3 is 5.32 Å². The third-order valence-electron chi connectivity index (χ3n) is 2.56. The van der Waals surface area contributed by atoms with Crippen molar-refractivity contribution in [3.8, 4) is 0 Å². The summed E-state index contributed by atoms with van der Waals surface area (Å²) in [6.45, 7) is -0.224. The molecule has 0 aromatic carbocycles. The Hall–Kier alpha value is -0.340. The zero-order valence-electron chi connectivity index (χ0n) is 9.63. The quantitative estimate of drug-likeness (QED) is 0.752. The Morgan fingerprint density at radius 2 is 1.94 bits per heavy atom. The maximum Gasteiger partial charge on any atom is 0.390 e. The standard InChI is InChI=1S/C9H17F3N2O2S/c1-14(6-4-9(10,11)12)17(15,16)7-5-13-8-2-3-8/h8,13H,2-7H2,1H3. The van der Waals surface area contributed by atoms with Crippen molar-refractivity contribution in [3.63, 3.8) is 0 Å². The van der Waals surface area contributed by atoms with Gasteiger partial charge in [-0.15, -0.1) is 0 Å². The largest absolute Gasteiger partial charge is 0.390 e. The molecule has 4 nitrogen and oxygen atoms in total. The molecule has 8 heteroatoms. The van der Waals surface area contributed by atoms with Crippen LogP contribution in [0.25, 0.3) is 0 Å². The Morgan fingerprint density at radius 1 is 1.35 bits per heavy atom. The van der Waals surface area contributed by atoms with Gasteiger partial charge in [0.2, 0.25) is 10.0 Å². The van der Waals surface area contributed by atoms with Crippen molar-refractivity contribution in [2.45, 2.75) is 31.5 Å². The van der Waals surface area contributed by atoms with Crippen LogP contribution in [-0.2, 0) is 10.0 Å². The van der Waals surface area contributed by atoms with Crippen LogP contribution < -0.4 is 5.32 Å². The van der Waals surface area contributed by atoms with Gasteiger partial charge in [0.15, 0.2) is 0 Å². The van der Waals surface area contributed by atoms with Gasteiger partial charge in [-0.3, -0.25) is 0 Å². The predicted octanol–water partition coefficient (Wildman–Crippen LogP) is 0.952. The minimum absolute atomic E-state index is 0.155. The first-order valence-electron chi connectivity index (χ1n) is 5.45. The third-order valence-corrected chi connectivity index (χ3v) is 4.41. The third kappa shape index (κ3) is 6.23. The molecule has 1 aliphatic carbocycles. The first kappa shape index (κ1) is 14.7. The summed E-state index contributed by atoms with van der Waals surface area (Å²) in [6, 6.07) is 0.394. The minimum Gasteiger partial charge on any atom is -0.313 e. The van der Waals surface area contributed by atoms with Crippen molar-refractivity contribution >= 4 is 10.0 Å². The van der Waals surface area contributed by atoms with Crippen LogP contribution >= 0.6 is 0 Å². The second-order valence-electron chi connectivity index (χ2n) is 4.23. The second kappa shape index (κ2) is 5.53. The van der Waals surface area contributed by atoms with E-state index in [4.69, 9.17) is 0 Å². The molecule has 1 aliphatic rings. The zero-order valence-corrected chi connectivity index (χ0v) is 10.4. The van der Waals surface area contributed by atoms with Crippen LogP contribution in [0.3, 0.4) is 0 Å². The van der Waals surface area contributed by atoms with Crippen LogP contribution in [0, 0.1) is 0 Å². The summed E-state index contributed by atoms with van der Waals surface area (Å²) < 4.78 is 59.7. The molecule has 0 aliphatic heterocycles. The summed E-state index contributed by atoms with van der Waals surface area (Å²) in [7, 11) is -2.40. The molecule has 1 rings (SSSR count). The smallest absolute Gasteiger partial charge is 0.313 e. The van der Waals surface area contributed by atoms with Gasteiger partial charge in [0.25, 0.3) is 0 Å². The number of nitrogens with zero attached hydrogens (tertiary/aromatic N) is 1. The lowest BCUT2D eigenvalue weighted by Crippen LogP contribution is -2.36. The Bertz CT molecular complexity index is 339. The molecule has 0 saturated heterocycles. The fraction of sp³-hybridized carbons (Fsp3) is 1.00. The SMILES string of the molecule is CN(CCC(F)(F)F)S(=O)(=O)CCNC1CC1. The molecule has 102 valence electrons. The number of alkyl halides is 3. The van der Waals surface area contributed by atoms with E-state index in [0.717, 1.165) is 17.1 Å². The summed E-state index contributed by atoms with van der Waals surface area (Å²) in [5.41, 5.74) is 0. The van der Waals surface area contributed by atoms with E-state index in [-0.39, 0.29) is 5.75 Å². The molecular formula is C9H17F3N2O2S. The van der Waals surface area contributed by atoms with Crippen molar-refractivity contribution in [2.24, 2.45) is 0 Å². The molecular weight excluding hydrogens is 257 g/mol. The lowest BCUT2D eigenvalue weighted by molar-refractivity contribution is -0.135. The average Bonchev–Trinajstić information content (AvgIpc) is 2.96. The molecule has 1 fully saturated rings. The van der Waals surface area contributed by atoms with E-state index in [9.17, 15) is 21.6 Å². The van der Waals surface area contributed by atoms with E-state index in [1.165, 1.54) is 7.05 Å². The van der Waals surface area contributed by atoms with Gasteiger partial charge in [0.05, 0.1) is 12.2 Å². The van der Waals surface area contributed by atoms with E-state index in [0.29, 0.717) is 12.6 Å². The average molecular weight is 274 g/mol. The van der Waals surface area contributed by atoms with Crippen LogP contribution in [0.4, 0.5) is 13.2 Å². The topological polar surface area (TPSA) is 49.4 Å². The molecule has 0 spiro atoms. The summed E-state index contributed by atoms with van der Waals surface area (Å²) in [4.78, 5) is 0. The highest BCUT2D eigenvalue weighted by atomic mass is 32.2. The fourth-order valence-electron chi connectivity index (χ4n) is 1.26. The van der Waals surface area contributed by atoms with Crippen molar-refractivity contribution in [1.82, 2.24) is 9.62 Å². The number of sulfonamides is 1. The van der Waals surface area contributed by atoms with Gasteiger partial charge in [0, 0.05) is 26.2 Å². The van der Waals surface area contributed by atoms with Gasteiger partial charge in [-0.1, -0.05) is 0 Å². The van der Waals surface area contributed by atoms with Crippen molar-refractivity contribution in [1.29, 1.82) is 0 Å². The first-order valence-corrected chi connectivity index (χ1v) is 7.06. The zero-order chi connectivity index (χ0) is 13.1. The maximum atomic E-state index is 11.9. The van der Waals surface area contributed by atoms with E-state index in [1.807, 2.05) is 0 Å². The first-order chi connectivity index (χ1) is 7.71. The van der Waals surface area contributed by atoms with Crippen LogP contribution in [0.1, 0.15) is 19.3 Å². The van der Waals surface area contributed by atoms with Crippen LogP contribution in [0.2, 0.25) is 0 Å². The summed E-state index contributed by atoms with van der Waals surface area (Å²) >= 11 is 0. The number of halogens is 3. The number of rotatable bonds is 7. The number of hydrogen-bond donors (Lipinski definition) is 1. The van der Waals surface area contributed by atoms with Crippen LogP contribution in [0.15, 0.2) is 0 Å². The summed E-state index contributed by atoms with van der Waals surface area (Å²) in [5.74, 6) is -0.155. The molecule has 0 heterocycles. The van der Waals surface area contributed by atoms with E-state index >= 15 is 0 Å². The van der Waals surface area contributed by atoms with Gasteiger partial charge in [-0.2, -0.15) is 13.2 Å². The van der Waals surface area contributed by atoms with Crippen molar-refractivity contribution in [2.75, 3.05) is 25.9 Å². The van der Waals surface area contributed by atoms with E-state index < -0.39 is 29.2 Å². The van der Waals surface area contributed by atoms with Gasteiger partial charge in [0.1, 0.15) is 0 Å². The van der Waals surface area contributed by atoms with Crippen LogP contribution in [0.5, 0.6) is 0 Å². The second-order valence-corrected chi connectivity index (χ2v) is 6.43. The van der Waals surface area contributed by atoms with Crippen molar-refractivity contribution in [3.05, 3.63) is 0 Å². The van der Waals surface area contributed by atoms with Crippen molar-refractivity contribution < 1.29 is 21.6 Å². The van der Waals surface area contributed by atoms with E-state index in [2.05, 4.69) is 5.32 Å². The Morgan fingerprint density at radius 3 is 2.41 bits per heavy atom. The molecule has 17 heavy (non-hydrogen) atoms. The molecule has 0 atom stereocenters. The molecule has 0 aromatic rings.